The largest absolute Gasteiger partial charge is 0.481 e. The summed E-state index contributed by atoms with van der Waals surface area (Å²) in [6.45, 7) is 0.834. The molecule has 1 amide bonds. The first-order valence-electron chi connectivity index (χ1n) is 9.34. The van der Waals surface area contributed by atoms with Crippen LogP contribution in [0, 0.1) is 0 Å². The number of benzene rings is 1. The van der Waals surface area contributed by atoms with Gasteiger partial charge in [0.2, 0.25) is 0 Å². The van der Waals surface area contributed by atoms with Gasteiger partial charge in [-0.2, -0.15) is 4.99 Å². The minimum atomic E-state index is -1.29. The molecule has 1 aromatic heterocycles. The van der Waals surface area contributed by atoms with Gasteiger partial charge in [-0.25, -0.2) is 14.8 Å². The third-order valence-electron chi connectivity index (χ3n) is 4.41. The molecule has 1 aliphatic rings. The average Bonchev–Trinajstić information content (AvgIpc) is 2.75. The first kappa shape index (κ1) is 21.5. The van der Waals surface area contributed by atoms with Crippen LogP contribution in [0.3, 0.4) is 0 Å². The highest BCUT2D eigenvalue weighted by atomic mass is 16.4. The van der Waals surface area contributed by atoms with Gasteiger partial charge in [0.15, 0.2) is 11.8 Å². The number of aromatic nitrogens is 2. The summed E-state index contributed by atoms with van der Waals surface area (Å²) >= 11 is 0. The van der Waals surface area contributed by atoms with E-state index in [0.717, 1.165) is 5.69 Å². The van der Waals surface area contributed by atoms with Crippen LogP contribution >= 0.6 is 0 Å². The lowest BCUT2D eigenvalue weighted by atomic mass is 10.1. The molecule has 1 atom stereocenters. The molecule has 2 heterocycles. The zero-order chi connectivity index (χ0) is 22.4. The lowest BCUT2D eigenvalue weighted by Gasteiger charge is -2.15. The zero-order valence-corrected chi connectivity index (χ0v) is 16.3. The number of hydrogen-bond donors (Lipinski definition) is 6. The molecule has 1 aromatic carbocycles. The number of carboxylic acids is 2. The molecular formula is C19H21N7O5. The van der Waals surface area contributed by atoms with Crippen molar-refractivity contribution in [1.29, 1.82) is 0 Å². The zero-order valence-electron chi connectivity index (χ0n) is 16.3. The Balaban J connectivity index is 1.57. The standard InChI is InChI=1S/C19H21N7O5/c20-19-23-9-14-16(26-19)22-8-12(24-14)7-21-11-3-1-10(2-4-11)17(29)25-13(18(30)31)5-6-15(27)28/h1-4,8,13,21H,5-7,9H2,(H,25,29)(H,27,28)(H,30,31)(H3,20,22,23,26)/t13-/m1/s1. The van der Waals surface area contributed by atoms with Gasteiger partial charge in [0.25, 0.3) is 5.91 Å². The maximum absolute atomic E-state index is 12.3. The molecule has 0 unspecified atom stereocenters. The SMILES string of the molecule is NC1=Nc2ncc(CNc3ccc(C(=O)N[C@H](CCC(=O)O)C(=O)O)cc3)nc2CN1. The number of carbonyl (C=O) groups is 3. The van der Waals surface area contributed by atoms with Crippen molar-refractivity contribution in [3.05, 3.63) is 47.4 Å². The second-order valence-electron chi connectivity index (χ2n) is 6.71. The molecule has 162 valence electrons. The maximum atomic E-state index is 12.3. The molecule has 7 N–H and O–H groups in total. The van der Waals surface area contributed by atoms with E-state index in [1.54, 1.807) is 18.3 Å². The summed E-state index contributed by atoms with van der Waals surface area (Å²) in [5, 5.41) is 26.2. The number of amides is 1. The number of hydrogen-bond acceptors (Lipinski definition) is 9. The third kappa shape index (κ3) is 5.88. The lowest BCUT2D eigenvalue weighted by molar-refractivity contribution is -0.140. The highest BCUT2D eigenvalue weighted by Gasteiger charge is 2.21. The summed E-state index contributed by atoms with van der Waals surface area (Å²) in [7, 11) is 0. The number of aliphatic carboxylic acids is 2. The molecule has 0 saturated carbocycles. The van der Waals surface area contributed by atoms with Crippen molar-refractivity contribution in [2.45, 2.75) is 32.0 Å². The molecule has 0 fully saturated rings. The van der Waals surface area contributed by atoms with Gasteiger partial charge in [0.05, 0.1) is 25.0 Å². The third-order valence-corrected chi connectivity index (χ3v) is 4.41. The Morgan fingerprint density at radius 1 is 1.19 bits per heavy atom. The Morgan fingerprint density at radius 2 is 1.94 bits per heavy atom. The molecule has 31 heavy (non-hydrogen) atoms. The number of aliphatic imine (C=N–C) groups is 1. The highest BCUT2D eigenvalue weighted by Crippen LogP contribution is 2.17. The Bertz CT molecular complexity index is 1020. The van der Waals surface area contributed by atoms with Crippen LogP contribution in [0.5, 0.6) is 0 Å². The number of guanidine groups is 1. The minimum absolute atomic E-state index is 0.203. The van der Waals surface area contributed by atoms with Gasteiger partial charge in [0.1, 0.15) is 11.7 Å². The van der Waals surface area contributed by atoms with Crippen molar-refractivity contribution in [2.24, 2.45) is 10.7 Å². The second kappa shape index (κ2) is 9.52. The fraction of sp³-hybridized carbons (Fsp3) is 0.263. The van der Waals surface area contributed by atoms with Gasteiger partial charge in [0, 0.05) is 17.7 Å². The van der Waals surface area contributed by atoms with Crippen molar-refractivity contribution >= 4 is 35.3 Å². The molecule has 0 aliphatic carbocycles. The van der Waals surface area contributed by atoms with E-state index < -0.39 is 23.9 Å². The monoisotopic (exact) mass is 427 g/mol. The van der Waals surface area contributed by atoms with Crippen LogP contribution in [0.1, 0.15) is 34.6 Å². The fourth-order valence-electron chi connectivity index (χ4n) is 2.79. The molecule has 12 heteroatoms. The van der Waals surface area contributed by atoms with Gasteiger partial charge in [-0.1, -0.05) is 0 Å². The quantitative estimate of drug-likeness (QED) is 0.322. The van der Waals surface area contributed by atoms with E-state index >= 15 is 0 Å². The van der Waals surface area contributed by atoms with E-state index in [1.165, 1.54) is 12.1 Å². The Kier molecular flexibility index (Phi) is 6.60. The molecule has 2 aromatic rings. The fourth-order valence-corrected chi connectivity index (χ4v) is 2.79. The van der Waals surface area contributed by atoms with Gasteiger partial charge in [-0.15, -0.1) is 0 Å². The van der Waals surface area contributed by atoms with Crippen molar-refractivity contribution in [3.8, 4) is 0 Å². The number of anilines is 1. The summed E-state index contributed by atoms with van der Waals surface area (Å²) in [6.07, 6.45) is 1.03. The topological polar surface area (TPSA) is 192 Å². The first-order valence-corrected chi connectivity index (χ1v) is 9.34. The van der Waals surface area contributed by atoms with Crippen molar-refractivity contribution < 1.29 is 24.6 Å². The smallest absolute Gasteiger partial charge is 0.326 e. The van der Waals surface area contributed by atoms with Crippen molar-refractivity contribution in [3.63, 3.8) is 0 Å². The maximum Gasteiger partial charge on any atom is 0.326 e. The van der Waals surface area contributed by atoms with Crippen molar-refractivity contribution in [2.75, 3.05) is 5.32 Å². The minimum Gasteiger partial charge on any atom is -0.481 e. The van der Waals surface area contributed by atoms with Crippen LogP contribution in [0.2, 0.25) is 0 Å². The van der Waals surface area contributed by atoms with E-state index in [0.29, 0.717) is 36.3 Å². The van der Waals surface area contributed by atoms with Gasteiger partial charge < -0.3 is 31.9 Å². The van der Waals surface area contributed by atoms with E-state index in [1.807, 2.05) is 0 Å². The highest BCUT2D eigenvalue weighted by molar-refractivity contribution is 5.96. The molecule has 0 spiro atoms. The molecule has 0 saturated heterocycles. The van der Waals surface area contributed by atoms with E-state index in [4.69, 9.17) is 15.9 Å². The van der Waals surface area contributed by atoms with E-state index in [-0.39, 0.29) is 18.4 Å². The normalized spacial score (nSPS) is 13.2. The van der Waals surface area contributed by atoms with Crippen LogP contribution in [0.15, 0.2) is 35.5 Å². The van der Waals surface area contributed by atoms with Crippen LogP contribution in [0.25, 0.3) is 0 Å². The summed E-state index contributed by atoms with van der Waals surface area (Å²) in [6, 6.07) is 5.13. The number of carbonyl (C=O) groups excluding carboxylic acids is 1. The number of fused-ring (bicyclic) bond motifs is 1. The number of nitrogens with one attached hydrogen (secondary N) is 3. The number of nitrogens with two attached hydrogens (primary N) is 1. The first-order chi connectivity index (χ1) is 14.8. The molecule has 0 radical (unpaired) electrons. The van der Waals surface area contributed by atoms with Crippen LogP contribution in [-0.2, 0) is 22.7 Å². The second-order valence-corrected chi connectivity index (χ2v) is 6.71. The predicted octanol–water partition coefficient (Wildman–Crippen LogP) is 0.186. The van der Waals surface area contributed by atoms with Crippen LogP contribution < -0.4 is 21.7 Å². The lowest BCUT2D eigenvalue weighted by Crippen LogP contribution is -2.41. The number of carboxylic acid groups (broad SMARTS) is 2. The van der Waals surface area contributed by atoms with Gasteiger partial charge in [-0.05, 0) is 30.7 Å². The summed E-state index contributed by atoms with van der Waals surface area (Å²) in [5.74, 6) is -2.24. The van der Waals surface area contributed by atoms with Crippen molar-refractivity contribution in [1.82, 2.24) is 20.6 Å². The molecule has 3 rings (SSSR count). The number of nitrogens with zero attached hydrogens (tertiary/aromatic N) is 3. The summed E-state index contributed by atoms with van der Waals surface area (Å²) < 4.78 is 0. The van der Waals surface area contributed by atoms with E-state index in [2.05, 4.69) is 30.9 Å². The van der Waals surface area contributed by atoms with Gasteiger partial charge in [-0.3, -0.25) is 9.59 Å². The Hall–Kier alpha value is -4.22. The van der Waals surface area contributed by atoms with Crippen LogP contribution in [-0.4, -0.2) is 50.0 Å². The Labute approximate surface area is 176 Å². The van der Waals surface area contributed by atoms with Crippen LogP contribution in [0.4, 0.5) is 11.5 Å². The molecule has 0 bridgehead atoms. The summed E-state index contributed by atoms with van der Waals surface area (Å²) in [5.41, 5.74) is 7.96. The number of rotatable bonds is 9. The predicted molar refractivity (Wildman–Crippen MR) is 110 cm³/mol. The molecular weight excluding hydrogens is 406 g/mol. The molecule has 1 aliphatic heterocycles. The average molecular weight is 427 g/mol. The van der Waals surface area contributed by atoms with Gasteiger partial charge >= 0.3 is 11.9 Å². The summed E-state index contributed by atoms with van der Waals surface area (Å²) in [4.78, 5) is 46.9. The Morgan fingerprint density at radius 3 is 2.61 bits per heavy atom. The van der Waals surface area contributed by atoms with E-state index in [9.17, 15) is 14.4 Å². The molecule has 12 nitrogen and oxygen atoms in total.